The van der Waals surface area contributed by atoms with Crippen molar-refractivity contribution in [1.29, 1.82) is 0 Å². The Labute approximate surface area is 124 Å². The molecule has 0 atom stereocenters. The lowest BCUT2D eigenvalue weighted by atomic mass is 10.2. The summed E-state index contributed by atoms with van der Waals surface area (Å²) in [5.41, 5.74) is 1.53. The molecule has 0 unspecified atom stereocenters. The average molecular weight is 331 g/mol. The van der Waals surface area contributed by atoms with Gasteiger partial charge in [0.15, 0.2) is 5.65 Å². The molecule has 0 saturated carbocycles. The fourth-order valence-corrected chi connectivity index (χ4v) is 2.37. The molecule has 4 nitrogen and oxygen atoms in total. The van der Waals surface area contributed by atoms with E-state index in [0.717, 1.165) is 15.4 Å². The normalized spacial score (nSPS) is 10.7. The molecule has 0 saturated heterocycles. The van der Waals surface area contributed by atoms with E-state index in [4.69, 9.17) is 4.74 Å². The smallest absolute Gasteiger partial charge is 0.420 e. The van der Waals surface area contributed by atoms with Gasteiger partial charge in [0.1, 0.15) is 6.61 Å². The molecular weight excluding hydrogens is 320 g/mol. The minimum atomic E-state index is -0.436. The van der Waals surface area contributed by atoms with Crippen molar-refractivity contribution in [3.63, 3.8) is 0 Å². The van der Waals surface area contributed by atoms with Gasteiger partial charge in [0.05, 0.1) is 0 Å². The summed E-state index contributed by atoms with van der Waals surface area (Å²) < 4.78 is 7.60. The van der Waals surface area contributed by atoms with Crippen molar-refractivity contribution in [3.8, 4) is 0 Å². The Morgan fingerprint density at radius 1 is 1.20 bits per heavy atom. The summed E-state index contributed by atoms with van der Waals surface area (Å²) in [4.78, 5) is 16.3. The van der Waals surface area contributed by atoms with Crippen molar-refractivity contribution in [2.45, 2.75) is 6.61 Å². The van der Waals surface area contributed by atoms with Crippen LogP contribution in [0.5, 0.6) is 0 Å². The van der Waals surface area contributed by atoms with Crippen molar-refractivity contribution in [3.05, 3.63) is 64.9 Å². The number of hydrogen-bond donors (Lipinski definition) is 0. The zero-order valence-corrected chi connectivity index (χ0v) is 12.1. The number of nitrogens with zero attached hydrogens (tertiary/aromatic N) is 2. The fraction of sp³-hybridized carbons (Fsp3) is 0.0667. The molecule has 0 aliphatic carbocycles. The monoisotopic (exact) mass is 330 g/mol. The molecule has 20 heavy (non-hydrogen) atoms. The molecule has 100 valence electrons. The maximum Gasteiger partial charge on any atom is 0.420 e. The van der Waals surface area contributed by atoms with E-state index in [9.17, 15) is 4.79 Å². The highest BCUT2D eigenvalue weighted by atomic mass is 79.9. The fourth-order valence-electron chi connectivity index (χ4n) is 1.94. The predicted octanol–water partition coefficient (Wildman–Crippen LogP) is 3.98. The highest BCUT2D eigenvalue weighted by Gasteiger charge is 2.12. The molecule has 0 bridgehead atoms. The minimum Gasteiger partial charge on any atom is -0.444 e. The van der Waals surface area contributed by atoms with Crippen LogP contribution >= 0.6 is 15.9 Å². The van der Waals surface area contributed by atoms with Crippen LogP contribution in [0, 0.1) is 0 Å². The van der Waals surface area contributed by atoms with Gasteiger partial charge in [-0.3, -0.25) is 0 Å². The number of aromatic nitrogens is 2. The molecule has 0 aliphatic rings. The first-order valence-electron chi connectivity index (χ1n) is 6.08. The van der Waals surface area contributed by atoms with Crippen LogP contribution in [0.1, 0.15) is 5.56 Å². The van der Waals surface area contributed by atoms with Gasteiger partial charge in [0.25, 0.3) is 0 Å². The van der Waals surface area contributed by atoms with Gasteiger partial charge in [-0.15, -0.1) is 0 Å². The summed E-state index contributed by atoms with van der Waals surface area (Å²) in [5, 5.41) is 0.879. The van der Waals surface area contributed by atoms with Crippen molar-refractivity contribution < 1.29 is 9.53 Å². The molecule has 2 aromatic heterocycles. The molecule has 3 rings (SSSR count). The van der Waals surface area contributed by atoms with E-state index in [1.165, 1.54) is 4.57 Å². The number of ether oxygens (including phenoxy) is 1. The van der Waals surface area contributed by atoms with Crippen molar-refractivity contribution in [1.82, 2.24) is 9.55 Å². The van der Waals surface area contributed by atoms with Gasteiger partial charge in [0, 0.05) is 22.3 Å². The van der Waals surface area contributed by atoms with Gasteiger partial charge in [-0.1, -0.05) is 30.3 Å². The number of rotatable bonds is 2. The van der Waals surface area contributed by atoms with Gasteiger partial charge in [-0.05, 0) is 33.6 Å². The SMILES string of the molecule is O=C(OCc1ccccc1)n1ccc2c(Br)ccnc21. The summed E-state index contributed by atoms with van der Waals surface area (Å²) in [6, 6.07) is 13.2. The third-order valence-electron chi connectivity index (χ3n) is 2.94. The lowest BCUT2D eigenvalue weighted by Gasteiger charge is -2.06. The number of carbonyl (C=O) groups is 1. The second kappa shape index (κ2) is 5.46. The highest BCUT2D eigenvalue weighted by Crippen LogP contribution is 2.22. The van der Waals surface area contributed by atoms with Crippen LogP contribution < -0.4 is 0 Å². The predicted molar refractivity (Wildman–Crippen MR) is 79.5 cm³/mol. The van der Waals surface area contributed by atoms with Crippen LogP contribution in [0.4, 0.5) is 4.79 Å². The van der Waals surface area contributed by atoms with Crippen LogP contribution in [0.25, 0.3) is 11.0 Å². The number of fused-ring (bicyclic) bond motifs is 1. The molecule has 0 spiro atoms. The molecule has 0 radical (unpaired) electrons. The molecule has 3 aromatic rings. The van der Waals surface area contributed by atoms with E-state index >= 15 is 0 Å². The molecule has 5 heteroatoms. The Balaban J connectivity index is 1.81. The van der Waals surface area contributed by atoms with E-state index in [0.29, 0.717) is 5.65 Å². The van der Waals surface area contributed by atoms with Crippen LogP contribution in [-0.2, 0) is 11.3 Å². The number of carbonyl (C=O) groups excluding carboxylic acids is 1. The van der Waals surface area contributed by atoms with E-state index in [-0.39, 0.29) is 6.61 Å². The summed E-state index contributed by atoms with van der Waals surface area (Å²) >= 11 is 3.43. The summed E-state index contributed by atoms with van der Waals surface area (Å²) in [5.74, 6) is 0. The second-order valence-corrected chi connectivity index (χ2v) is 5.11. The lowest BCUT2D eigenvalue weighted by Crippen LogP contribution is -2.12. The second-order valence-electron chi connectivity index (χ2n) is 4.26. The van der Waals surface area contributed by atoms with Crippen LogP contribution in [0.3, 0.4) is 0 Å². The molecular formula is C15H11BrN2O2. The first-order chi connectivity index (χ1) is 9.75. The van der Waals surface area contributed by atoms with E-state index in [1.54, 1.807) is 12.4 Å². The van der Waals surface area contributed by atoms with Crippen LogP contribution in [0.2, 0.25) is 0 Å². The summed E-state index contributed by atoms with van der Waals surface area (Å²) in [6.07, 6.45) is 2.87. The topological polar surface area (TPSA) is 44.1 Å². The third-order valence-corrected chi connectivity index (χ3v) is 3.63. The van der Waals surface area contributed by atoms with Crippen molar-refractivity contribution in [2.75, 3.05) is 0 Å². The zero-order chi connectivity index (χ0) is 13.9. The third kappa shape index (κ3) is 2.44. The number of benzene rings is 1. The highest BCUT2D eigenvalue weighted by molar-refractivity contribution is 9.10. The van der Waals surface area contributed by atoms with Gasteiger partial charge < -0.3 is 4.74 Å². The standard InChI is InChI=1S/C15H11BrN2O2/c16-13-6-8-17-14-12(13)7-9-18(14)15(19)20-10-11-4-2-1-3-5-11/h1-9H,10H2. The Bertz CT molecular complexity index is 753. The number of pyridine rings is 1. The van der Waals surface area contributed by atoms with Crippen LogP contribution in [-0.4, -0.2) is 15.6 Å². The summed E-state index contributed by atoms with van der Waals surface area (Å²) in [6.45, 7) is 0.243. The molecule has 0 aliphatic heterocycles. The van der Waals surface area contributed by atoms with Gasteiger partial charge in [-0.25, -0.2) is 14.3 Å². The van der Waals surface area contributed by atoms with Crippen molar-refractivity contribution in [2.24, 2.45) is 0 Å². The number of halogens is 1. The first-order valence-corrected chi connectivity index (χ1v) is 6.87. The first kappa shape index (κ1) is 12.9. The van der Waals surface area contributed by atoms with E-state index in [1.807, 2.05) is 42.5 Å². The molecule has 0 N–H and O–H groups in total. The minimum absolute atomic E-state index is 0.243. The molecule has 0 fully saturated rings. The average Bonchev–Trinajstić information content (AvgIpc) is 2.91. The maximum absolute atomic E-state index is 12.1. The van der Waals surface area contributed by atoms with Crippen LogP contribution in [0.15, 0.2) is 59.3 Å². The maximum atomic E-state index is 12.1. The Morgan fingerprint density at radius 3 is 2.80 bits per heavy atom. The van der Waals surface area contributed by atoms with Gasteiger partial charge >= 0.3 is 6.09 Å². The Kier molecular flexibility index (Phi) is 3.52. The molecule has 2 heterocycles. The van der Waals surface area contributed by atoms with E-state index in [2.05, 4.69) is 20.9 Å². The zero-order valence-electron chi connectivity index (χ0n) is 10.5. The van der Waals surface area contributed by atoms with E-state index < -0.39 is 6.09 Å². The largest absolute Gasteiger partial charge is 0.444 e. The molecule has 1 aromatic carbocycles. The Morgan fingerprint density at radius 2 is 2.00 bits per heavy atom. The van der Waals surface area contributed by atoms with Gasteiger partial charge in [-0.2, -0.15) is 0 Å². The van der Waals surface area contributed by atoms with Gasteiger partial charge in [0.2, 0.25) is 0 Å². The molecule has 0 amide bonds. The summed E-state index contributed by atoms with van der Waals surface area (Å²) in [7, 11) is 0. The van der Waals surface area contributed by atoms with Crippen molar-refractivity contribution >= 4 is 33.1 Å². The number of hydrogen-bond acceptors (Lipinski definition) is 3. The Hall–Kier alpha value is -2.14. The lowest BCUT2D eigenvalue weighted by molar-refractivity contribution is 0.142. The quantitative estimate of drug-likeness (QED) is 0.713.